The number of nitrogens with two attached hydrogens (primary N) is 4. The summed E-state index contributed by atoms with van der Waals surface area (Å²) in [6.07, 6.45) is 0. The summed E-state index contributed by atoms with van der Waals surface area (Å²) in [7, 11) is 0. The van der Waals surface area contributed by atoms with Crippen LogP contribution in [0, 0.1) is 10.1 Å². The van der Waals surface area contributed by atoms with Crippen LogP contribution in [0.15, 0.2) is 28.2 Å². The number of nitro groups is 1. The number of aliphatic imine (C=N–C) groups is 2. The molecule has 0 fully saturated rings. The minimum Gasteiger partial charge on any atom is -0.393 e. The van der Waals surface area contributed by atoms with Gasteiger partial charge in [0, 0.05) is 6.07 Å². The first-order chi connectivity index (χ1) is 7.90. The van der Waals surface area contributed by atoms with Crippen molar-refractivity contribution >= 4 is 29.0 Å². The fraction of sp³-hybridized carbons (Fsp3) is 0. The molecule has 1 aromatic carbocycles. The molecule has 0 unspecified atom stereocenters. The van der Waals surface area contributed by atoms with Crippen molar-refractivity contribution in [3.05, 3.63) is 28.3 Å². The zero-order valence-electron chi connectivity index (χ0n) is 8.70. The number of hydrogen-bond donors (Lipinski definition) is 4. The SMILES string of the molecule is NC(N)=NC(N)=Nc1ccc(N)c([N+](=O)[O-])c1. The van der Waals surface area contributed by atoms with Crippen molar-refractivity contribution in [2.75, 3.05) is 5.73 Å². The van der Waals surface area contributed by atoms with E-state index in [9.17, 15) is 10.1 Å². The molecule has 0 bridgehead atoms. The third kappa shape index (κ3) is 3.34. The molecule has 0 atom stereocenters. The number of benzene rings is 1. The average molecular weight is 237 g/mol. The molecule has 17 heavy (non-hydrogen) atoms. The Bertz CT molecular complexity index is 505. The average Bonchev–Trinajstić information content (AvgIpc) is 2.19. The molecule has 0 saturated heterocycles. The summed E-state index contributed by atoms with van der Waals surface area (Å²) < 4.78 is 0. The Balaban J connectivity index is 3.13. The van der Waals surface area contributed by atoms with Gasteiger partial charge in [0.05, 0.1) is 10.6 Å². The van der Waals surface area contributed by atoms with Gasteiger partial charge in [-0.1, -0.05) is 0 Å². The van der Waals surface area contributed by atoms with Crippen LogP contribution in [0.1, 0.15) is 0 Å². The molecule has 0 aromatic heterocycles. The highest BCUT2D eigenvalue weighted by Crippen LogP contribution is 2.26. The number of nitrogens with zero attached hydrogens (tertiary/aromatic N) is 3. The zero-order valence-corrected chi connectivity index (χ0v) is 8.70. The number of hydrogen-bond acceptors (Lipinski definition) is 4. The van der Waals surface area contributed by atoms with Gasteiger partial charge in [0.15, 0.2) is 5.96 Å². The van der Waals surface area contributed by atoms with Crippen molar-refractivity contribution in [1.29, 1.82) is 0 Å². The second kappa shape index (κ2) is 4.79. The zero-order chi connectivity index (χ0) is 13.0. The smallest absolute Gasteiger partial charge is 0.294 e. The molecule has 0 heterocycles. The Morgan fingerprint density at radius 1 is 1.29 bits per heavy atom. The van der Waals surface area contributed by atoms with Gasteiger partial charge in [0.1, 0.15) is 5.69 Å². The number of nitro benzene ring substituents is 1. The second-order valence-corrected chi connectivity index (χ2v) is 3.01. The first kappa shape index (κ1) is 12.2. The quantitative estimate of drug-likeness (QED) is 0.175. The van der Waals surface area contributed by atoms with Crippen molar-refractivity contribution in [3.63, 3.8) is 0 Å². The molecule has 0 spiro atoms. The molecular formula is C8H11N7O2. The third-order valence-corrected chi connectivity index (χ3v) is 1.70. The molecule has 0 saturated carbocycles. The van der Waals surface area contributed by atoms with Crippen LogP contribution in [-0.4, -0.2) is 16.8 Å². The van der Waals surface area contributed by atoms with Gasteiger partial charge in [-0.05, 0) is 12.1 Å². The molecule has 0 aliphatic carbocycles. The Hall–Kier alpha value is -2.84. The summed E-state index contributed by atoms with van der Waals surface area (Å²) in [5.74, 6) is -0.458. The molecule has 9 nitrogen and oxygen atoms in total. The monoisotopic (exact) mass is 237 g/mol. The molecule has 90 valence electrons. The Morgan fingerprint density at radius 3 is 2.47 bits per heavy atom. The molecule has 0 radical (unpaired) electrons. The topological polar surface area (TPSA) is 172 Å². The number of anilines is 1. The molecule has 8 N–H and O–H groups in total. The summed E-state index contributed by atoms with van der Waals surface area (Å²) in [4.78, 5) is 17.2. The predicted octanol–water partition coefficient (Wildman–Crippen LogP) is -0.603. The van der Waals surface area contributed by atoms with Gasteiger partial charge < -0.3 is 22.9 Å². The van der Waals surface area contributed by atoms with Gasteiger partial charge in [0.2, 0.25) is 5.96 Å². The Morgan fingerprint density at radius 2 is 1.94 bits per heavy atom. The van der Waals surface area contributed by atoms with Crippen LogP contribution in [0.4, 0.5) is 17.1 Å². The molecule has 9 heteroatoms. The van der Waals surface area contributed by atoms with Crippen molar-refractivity contribution in [3.8, 4) is 0 Å². The van der Waals surface area contributed by atoms with E-state index in [1.807, 2.05) is 0 Å². The van der Waals surface area contributed by atoms with E-state index < -0.39 is 4.92 Å². The van der Waals surface area contributed by atoms with Crippen molar-refractivity contribution in [2.45, 2.75) is 0 Å². The molecule has 0 aliphatic heterocycles. The van der Waals surface area contributed by atoms with E-state index in [2.05, 4.69) is 9.98 Å². The lowest BCUT2D eigenvalue weighted by Gasteiger charge is -1.99. The van der Waals surface area contributed by atoms with Crippen LogP contribution >= 0.6 is 0 Å². The first-order valence-corrected chi connectivity index (χ1v) is 4.38. The van der Waals surface area contributed by atoms with E-state index in [1.54, 1.807) is 0 Å². The van der Waals surface area contributed by atoms with Crippen LogP contribution in [-0.2, 0) is 0 Å². The van der Waals surface area contributed by atoms with Crippen molar-refractivity contribution in [2.24, 2.45) is 27.2 Å². The normalized spacial score (nSPS) is 10.9. The van der Waals surface area contributed by atoms with Crippen molar-refractivity contribution < 1.29 is 4.92 Å². The summed E-state index contributed by atoms with van der Waals surface area (Å²) in [5, 5.41) is 10.6. The molecule has 1 rings (SSSR count). The van der Waals surface area contributed by atoms with E-state index in [4.69, 9.17) is 22.9 Å². The predicted molar refractivity (Wildman–Crippen MR) is 64.6 cm³/mol. The highest BCUT2D eigenvalue weighted by molar-refractivity contribution is 5.93. The Kier molecular flexibility index (Phi) is 3.44. The van der Waals surface area contributed by atoms with Gasteiger partial charge >= 0.3 is 0 Å². The molecule has 0 aliphatic rings. The van der Waals surface area contributed by atoms with E-state index in [0.717, 1.165) is 0 Å². The third-order valence-electron chi connectivity index (χ3n) is 1.70. The second-order valence-electron chi connectivity index (χ2n) is 3.01. The van der Waals surface area contributed by atoms with Gasteiger partial charge in [-0.25, -0.2) is 4.99 Å². The van der Waals surface area contributed by atoms with Gasteiger partial charge in [-0.2, -0.15) is 4.99 Å². The van der Waals surface area contributed by atoms with Crippen LogP contribution < -0.4 is 22.9 Å². The summed E-state index contributed by atoms with van der Waals surface area (Å²) in [5.41, 5.74) is 21.0. The van der Waals surface area contributed by atoms with Gasteiger partial charge in [-0.3, -0.25) is 10.1 Å². The fourth-order valence-corrected chi connectivity index (χ4v) is 1.05. The standard InChI is InChI=1S/C8H11N7O2/c9-5-2-1-4(3-6(5)15(16)17)13-8(12)14-7(10)11/h1-3H,9H2,(H6,10,11,12,13,14). The van der Waals surface area contributed by atoms with Crippen LogP contribution in [0.2, 0.25) is 0 Å². The number of nitrogen functional groups attached to an aromatic ring is 1. The summed E-state index contributed by atoms with van der Waals surface area (Å²) >= 11 is 0. The number of guanidine groups is 2. The first-order valence-electron chi connectivity index (χ1n) is 4.38. The lowest BCUT2D eigenvalue weighted by atomic mass is 10.2. The lowest BCUT2D eigenvalue weighted by Crippen LogP contribution is -2.26. The lowest BCUT2D eigenvalue weighted by molar-refractivity contribution is -0.383. The minimum absolute atomic E-state index is 0.0364. The molecule has 1 aromatic rings. The molecule has 0 amide bonds. The van der Waals surface area contributed by atoms with E-state index >= 15 is 0 Å². The Labute approximate surface area is 96.0 Å². The highest BCUT2D eigenvalue weighted by atomic mass is 16.6. The maximum absolute atomic E-state index is 10.6. The largest absolute Gasteiger partial charge is 0.393 e. The van der Waals surface area contributed by atoms with Gasteiger partial charge in [-0.15, -0.1) is 0 Å². The maximum atomic E-state index is 10.6. The highest BCUT2D eigenvalue weighted by Gasteiger charge is 2.11. The molecular weight excluding hydrogens is 226 g/mol. The fourth-order valence-electron chi connectivity index (χ4n) is 1.05. The minimum atomic E-state index is -0.620. The van der Waals surface area contributed by atoms with E-state index in [-0.39, 0.29) is 29.0 Å². The van der Waals surface area contributed by atoms with E-state index in [1.165, 1.54) is 18.2 Å². The summed E-state index contributed by atoms with van der Waals surface area (Å²) in [6.45, 7) is 0. The number of rotatable bonds is 2. The van der Waals surface area contributed by atoms with Gasteiger partial charge in [0.25, 0.3) is 5.69 Å². The maximum Gasteiger partial charge on any atom is 0.294 e. The van der Waals surface area contributed by atoms with Crippen LogP contribution in [0.5, 0.6) is 0 Å². The van der Waals surface area contributed by atoms with Crippen LogP contribution in [0.25, 0.3) is 0 Å². The summed E-state index contributed by atoms with van der Waals surface area (Å²) in [6, 6.07) is 3.97. The van der Waals surface area contributed by atoms with E-state index in [0.29, 0.717) is 0 Å². The van der Waals surface area contributed by atoms with Crippen molar-refractivity contribution in [1.82, 2.24) is 0 Å². The van der Waals surface area contributed by atoms with Crippen LogP contribution in [0.3, 0.4) is 0 Å².